The van der Waals surface area contributed by atoms with E-state index in [-0.39, 0.29) is 0 Å². The molecule has 1 saturated carbocycles. The molecule has 0 bridgehead atoms. The van der Waals surface area contributed by atoms with Crippen molar-refractivity contribution in [1.29, 1.82) is 0 Å². The van der Waals surface area contributed by atoms with Crippen molar-refractivity contribution in [3.8, 4) is 0 Å². The molecule has 0 aliphatic heterocycles. The van der Waals surface area contributed by atoms with Crippen LogP contribution in [0.2, 0.25) is 0 Å². The first-order valence-electron chi connectivity index (χ1n) is 3.77. The highest BCUT2D eigenvalue weighted by molar-refractivity contribution is 9.10. The van der Waals surface area contributed by atoms with Crippen LogP contribution in [0.3, 0.4) is 0 Å². The highest BCUT2D eigenvalue weighted by Crippen LogP contribution is 2.41. The van der Waals surface area contributed by atoms with E-state index in [0.717, 1.165) is 10.4 Å². The Morgan fingerprint density at radius 2 is 2.36 bits per heavy atom. The second kappa shape index (κ2) is 2.88. The lowest BCUT2D eigenvalue weighted by atomic mass is 10.2. The second-order valence-electron chi connectivity index (χ2n) is 3.03. The predicted molar refractivity (Wildman–Crippen MR) is 51.7 cm³/mol. The maximum absolute atomic E-state index is 6.00. The average molecular weight is 232 g/mol. The Kier molecular flexibility index (Phi) is 2.04. The van der Waals surface area contributed by atoms with Gasteiger partial charge in [0.1, 0.15) is 0 Å². The molecule has 0 saturated heterocycles. The van der Waals surface area contributed by atoms with Crippen LogP contribution in [0.4, 0.5) is 0 Å². The van der Waals surface area contributed by atoms with E-state index >= 15 is 0 Å². The molecule has 1 atom stereocenters. The van der Waals surface area contributed by atoms with E-state index in [4.69, 9.17) is 5.73 Å². The van der Waals surface area contributed by atoms with Crippen molar-refractivity contribution in [2.24, 2.45) is 11.7 Å². The molecule has 0 aromatic carbocycles. The molecule has 1 aliphatic carbocycles. The Bertz CT molecular complexity index is 254. The summed E-state index contributed by atoms with van der Waals surface area (Å²) >= 11 is 5.18. The fraction of sp³-hybridized carbons (Fsp3) is 0.500. The third-order valence-electron chi connectivity index (χ3n) is 2.05. The van der Waals surface area contributed by atoms with E-state index in [1.54, 1.807) is 11.3 Å². The highest BCUT2D eigenvalue weighted by Gasteiger charge is 2.30. The third kappa shape index (κ3) is 1.66. The van der Waals surface area contributed by atoms with Crippen LogP contribution in [-0.2, 0) is 0 Å². The van der Waals surface area contributed by atoms with Crippen LogP contribution in [0, 0.1) is 5.92 Å². The lowest BCUT2D eigenvalue weighted by molar-refractivity contribution is 0.644. The predicted octanol–water partition coefficient (Wildman–Crippen LogP) is 2.92. The van der Waals surface area contributed by atoms with Gasteiger partial charge in [0.25, 0.3) is 0 Å². The molecule has 1 heterocycles. The standard InChI is InChI=1S/C8H10BrNS/c9-6-3-7(11-4-6)8(10)5-1-2-5/h3-5,8H,1-2,10H2/t8-/m1/s1. The summed E-state index contributed by atoms with van der Waals surface area (Å²) in [5.74, 6) is 0.764. The molecule has 1 aromatic rings. The van der Waals surface area contributed by atoms with Crippen molar-refractivity contribution >= 4 is 27.3 Å². The molecule has 0 amide bonds. The Balaban J connectivity index is 2.14. The molecule has 1 aliphatic rings. The number of hydrogen-bond acceptors (Lipinski definition) is 2. The zero-order valence-corrected chi connectivity index (χ0v) is 8.49. The van der Waals surface area contributed by atoms with Gasteiger partial charge in [-0.1, -0.05) is 0 Å². The van der Waals surface area contributed by atoms with Gasteiger partial charge in [-0.05, 0) is 40.8 Å². The van der Waals surface area contributed by atoms with Crippen molar-refractivity contribution in [1.82, 2.24) is 0 Å². The van der Waals surface area contributed by atoms with Crippen LogP contribution in [-0.4, -0.2) is 0 Å². The van der Waals surface area contributed by atoms with E-state index in [1.807, 2.05) is 0 Å². The Morgan fingerprint density at radius 1 is 1.64 bits per heavy atom. The summed E-state index contributed by atoms with van der Waals surface area (Å²) in [5, 5.41) is 2.09. The number of rotatable bonds is 2. The summed E-state index contributed by atoms with van der Waals surface area (Å²) < 4.78 is 1.16. The van der Waals surface area contributed by atoms with Crippen LogP contribution < -0.4 is 5.73 Å². The van der Waals surface area contributed by atoms with E-state index in [2.05, 4.69) is 27.4 Å². The average Bonchev–Trinajstić information content (AvgIpc) is 2.74. The summed E-state index contributed by atoms with van der Waals surface area (Å²) in [5.41, 5.74) is 6.00. The lowest BCUT2D eigenvalue weighted by Crippen LogP contribution is -2.10. The van der Waals surface area contributed by atoms with Gasteiger partial charge >= 0.3 is 0 Å². The zero-order valence-electron chi connectivity index (χ0n) is 6.09. The van der Waals surface area contributed by atoms with Gasteiger partial charge in [-0.2, -0.15) is 0 Å². The quantitative estimate of drug-likeness (QED) is 0.833. The summed E-state index contributed by atoms with van der Waals surface area (Å²) in [6.45, 7) is 0. The molecule has 0 spiro atoms. The van der Waals surface area contributed by atoms with E-state index in [1.165, 1.54) is 17.7 Å². The normalized spacial score (nSPS) is 20.2. The minimum absolute atomic E-state index is 0.297. The minimum Gasteiger partial charge on any atom is -0.323 e. The molecular formula is C8H10BrNS. The molecule has 3 heteroatoms. The van der Waals surface area contributed by atoms with Gasteiger partial charge in [-0.3, -0.25) is 0 Å². The van der Waals surface area contributed by atoms with Crippen LogP contribution in [0.15, 0.2) is 15.9 Å². The molecule has 0 radical (unpaired) electrons. The molecule has 60 valence electrons. The van der Waals surface area contributed by atoms with Crippen molar-refractivity contribution in [3.05, 3.63) is 20.8 Å². The van der Waals surface area contributed by atoms with Gasteiger partial charge in [0, 0.05) is 20.8 Å². The molecule has 11 heavy (non-hydrogen) atoms. The third-order valence-corrected chi connectivity index (χ3v) is 3.84. The van der Waals surface area contributed by atoms with Gasteiger partial charge in [0.2, 0.25) is 0 Å². The first-order valence-corrected chi connectivity index (χ1v) is 5.44. The zero-order chi connectivity index (χ0) is 7.84. The number of thiophene rings is 1. The number of halogens is 1. The van der Waals surface area contributed by atoms with Gasteiger partial charge in [0.05, 0.1) is 0 Å². The highest BCUT2D eigenvalue weighted by atomic mass is 79.9. The van der Waals surface area contributed by atoms with Crippen molar-refractivity contribution < 1.29 is 0 Å². The van der Waals surface area contributed by atoms with Crippen LogP contribution in [0.1, 0.15) is 23.8 Å². The van der Waals surface area contributed by atoms with Crippen LogP contribution in [0.5, 0.6) is 0 Å². The van der Waals surface area contributed by atoms with Gasteiger partial charge in [0.15, 0.2) is 0 Å². The van der Waals surface area contributed by atoms with Crippen LogP contribution in [0.25, 0.3) is 0 Å². The fourth-order valence-corrected chi connectivity index (χ4v) is 2.73. The largest absolute Gasteiger partial charge is 0.323 e. The summed E-state index contributed by atoms with van der Waals surface area (Å²) in [6.07, 6.45) is 2.63. The smallest absolute Gasteiger partial charge is 0.0418 e. The fourth-order valence-electron chi connectivity index (χ4n) is 1.19. The van der Waals surface area contributed by atoms with E-state index in [9.17, 15) is 0 Å². The van der Waals surface area contributed by atoms with Gasteiger partial charge < -0.3 is 5.73 Å². The number of hydrogen-bond donors (Lipinski definition) is 1. The SMILES string of the molecule is N[C@@H](c1cc(Br)cs1)C1CC1. The minimum atomic E-state index is 0.297. The van der Waals surface area contributed by atoms with Crippen molar-refractivity contribution in [2.75, 3.05) is 0 Å². The summed E-state index contributed by atoms with van der Waals surface area (Å²) in [6, 6.07) is 2.43. The maximum Gasteiger partial charge on any atom is 0.0418 e. The molecule has 0 unspecified atom stereocenters. The monoisotopic (exact) mass is 231 g/mol. The molecule has 2 rings (SSSR count). The van der Waals surface area contributed by atoms with Crippen LogP contribution >= 0.6 is 27.3 Å². The molecular weight excluding hydrogens is 222 g/mol. The molecule has 1 fully saturated rings. The van der Waals surface area contributed by atoms with Crippen molar-refractivity contribution in [3.63, 3.8) is 0 Å². The van der Waals surface area contributed by atoms with E-state index in [0.29, 0.717) is 6.04 Å². The van der Waals surface area contributed by atoms with Gasteiger partial charge in [-0.15, -0.1) is 11.3 Å². The molecule has 1 aromatic heterocycles. The molecule has 1 nitrogen and oxygen atoms in total. The Morgan fingerprint density at radius 3 is 2.82 bits per heavy atom. The maximum atomic E-state index is 6.00. The molecule has 2 N–H and O–H groups in total. The summed E-state index contributed by atoms with van der Waals surface area (Å²) in [4.78, 5) is 1.32. The second-order valence-corrected chi connectivity index (χ2v) is 4.89. The van der Waals surface area contributed by atoms with E-state index < -0.39 is 0 Å². The summed E-state index contributed by atoms with van der Waals surface area (Å²) in [7, 11) is 0. The van der Waals surface area contributed by atoms with Gasteiger partial charge in [-0.25, -0.2) is 0 Å². The lowest BCUT2D eigenvalue weighted by Gasteiger charge is -2.05. The Labute approximate surface area is 78.7 Å². The topological polar surface area (TPSA) is 26.0 Å². The Hall–Kier alpha value is 0.140. The number of nitrogens with two attached hydrogens (primary N) is 1. The first-order chi connectivity index (χ1) is 5.27. The first kappa shape index (κ1) is 7.77. The van der Waals surface area contributed by atoms with Crippen molar-refractivity contribution in [2.45, 2.75) is 18.9 Å².